The summed E-state index contributed by atoms with van der Waals surface area (Å²) in [6.07, 6.45) is 1.25. The van der Waals surface area contributed by atoms with Gasteiger partial charge in [-0.3, -0.25) is 4.79 Å². The van der Waals surface area contributed by atoms with Crippen molar-refractivity contribution in [3.8, 4) is 0 Å². The van der Waals surface area contributed by atoms with Gasteiger partial charge in [0, 0.05) is 17.9 Å². The van der Waals surface area contributed by atoms with Gasteiger partial charge in [0.15, 0.2) is 5.82 Å². The summed E-state index contributed by atoms with van der Waals surface area (Å²) in [7, 11) is 0. The summed E-state index contributed by atoms with van der Waals surface area (Å²) in [6, 6.07) is 1.62. The average molecular weight is 262 g/mol. The highest BCUT2D eigenvalue weighted by Gasteiger charge is 2.19. The van der Waals surface area contributed by atoms with Crippen LogP contribution in [0.2, 0.25) is 0 Å². The number of nitrogens with one attached hydrogen (secondary N) is 1. The SMILES string of the molecule is CCn1c(C)cc(C(=O)N[C@@H](C)c2ncon2)c1C. The minimum absolute atomic E-state index is 0.120. The normalized spacial score (nSPS) is 12.4. The van der Waals surface area contributed by atoms with Gasteiger partial charge < -0.3 is 14.4 Å². The van der Waals surface area contributed by atoms with Crippen LogP contribution in [0, 0.1) is 13.8 Å². The Kier molecular flexibility index (Phi) is 3.69. The molecule has 1 atom stereocenters. The molecule has 0 radical (unpaired) electrons. The summed E-state index contributed by atoms with van der Waals surface area (Å²) in [5.74, 6) is 0.350. The maximum Gasteiger partial charge on any atom is 0.253 e. The fraction of sp³-hybridized carbons (Fsp3) is 0.462. The molecule has 0 aliphatic rings. The van der Waals surface area contributed by atoms with Gasteiger partial charge in [-0.15, -0.1) is 0 Å². The number of amides is 1. The van der Waals surface area contributed by atoms with Crippen LogP contribution in [-0.4, -0.2) is 20.6 Å². The lowest BCUT2D eigenvalue weighted by Gasteiger charge is -2.10. The summed E-state index contributed by atoms with van der Waals surface area (Å²) < 4.78 is 6.78. The van der Waals surface area contributed by atoms with E-state index >= 15 is 0 Å². The van der Waals surface area contributed by atoms with E-state index in [0.29, 0.717) is 11.4 Å². The van der Waals surface area contributed by atoms with E-state index in [-0.39, 0.29) is 11.9 Å². The lowest BCUT2D eigenvalue weighted by molar-refractivity contribution is 0.0937. The summed E-state index contributed by atoms with van der Waals surface area (Å²) in [5.41, 5.74) is 2.74. The predicted octanol–water partition coefficient (Wildman–Crippen LogP) is 2.00. The number of hydrogen-bond donors (Lipinski definition) is 1. The van der Waals surface area contributed by atoms with Crippen molar-refractivity contribution in [3.05, 3.63) is 35.2 Å². The first kappa shape index (κ1) is 13.3. The van der Waals surface area contributed by atoms with Gasteiger partial charge in [-0.1, -0.05) is 5.16 Å². The van der Waals surface area contributed by atoms with E-state index in [1.165, 1.54) is 6.39 Å². The predicted molar refractivity (Wildman–Crippen MR) is 69.8 cm³/mol. The van der Waals surface area contributed by atoms with Gasteiger partial charge in [-0.05, 0) is 33.8 Å². The number of aromatic nitrogens is 3. The molecule has 1 N–H and O–H groups in total. The molecule has 0 fully saturated rings. The fourth-order valence-corrected chi connectivity index (χ4v) is 2.23. The fourth-order valence-electron chi connectivity index (χ4n) is 2.23. The van der Waals surface area contributed by atoms with Crippen molar-refractivity contribution in [1.82, 2.24) is 20.0 Å². The van der Waals surface area contributed by atoms with Gasteiger partial charge in [-0.25, -0.2) is 0 Å². The summed E-state index contributed by atoms with van der Waals surface area (Å²) in [4.78, 5) is 16.2. The molecule has 6 heteroatoms. The third-order valence-corrected chi connectivity index (χ3v) is 3.25. The maximum atomic E-state index is 12.2. The minimum atomic E-state index is -0.282. The highest BCUT2D eigenvalue weighted by molar-refractivity contribution is 5.95. The van der Waals surface area contributed by atoms with Crippen molar-refractivity contribution in [2.45, 2.75) is 40.3 Å². The molecule has 2 heterocycles. The average Bonchev–Trinajstić information content (AvgIpc) is 2.97. The van der Waals surface area contributed by atoms with Gasteiger partial charge in [0.2, 0.25) is 6.39 Å². The third kappa shape index (κ3) is 2.52. The van der Waals surface area contributed by atoms with Crippen LogP contribution < -0.4 is 5.32 Å². The Labute approximate surface area is 111 Å². The number of carbonyl (C=O) groups is 1. The zero-order chi connectivity index (χ0) is 14.0. The zero-order valence-corrected chi connectivity index (χ0v) is 11.6. The van der Waals surface area contributed by atoms with Crippen LogP contribution >= 0.6 is 0 Å². The number of hydrogen-bond acceptors (Lipinski definition) is 4. The Morgan fingerprint density at radius 2 is 2.26 bits per heavy atom. The third-order valence-electron chi connectivity index (χ3n) is 3.25. The van der Waals surface area contributed by atoms with Gasteiger partial charge in [0.25, 0.3) is 5.91 Å². The second-order valence-electron chi connectivity index (χ2n) is 4.51. The number of nitrogens with zero attached hydrogens (tertiary/aromatic N) is 3. The van der Waals surface area contributed by atoms with Crippen LogP contribution in [0.1, 0.15) is 47.5 Å². The molecule has 6 nitrogen and oxygen atoms in total. The first-order chi connectivity index (χ1) is 9.04. The molecule has 0 unspecified atom stereocenters. The van der Waals surface area contributed by atoms with Crippen LogP contribution in [0.4, 0.5) is 0 Å². The highest BCUT2D eigenvalue weighted by atomic mass is 16.5. The molecule has 0 aliphatic carbocycles. The summed E-state index contributed by atoms with van der Waals surface area (Å²) in [5, 5.41) is 6.58. The lowest BCUT2D eigenvalue weighted by atomic mass is 10.2. The van der Waals surface area contributed by atoms with Crippen LogP contribution in [0.3, 0.4) is 0 Å². The molecule has 2 aromatic rings. The zero-order valence-electron chi connectivity index (χ0n) is 11.6. The molecular formula is C13H18N4O2. The maximum absolute atomic E-state index is 12.2. The molecular weight excluding hydrogens is 244 g/mol. The van der Waals surface area contributed by atoms with E-state index in [0.717, 1.165) is 17.9 Å². The molecule has 0 spiro atoms. The van der Waals surface area contributed by atoms with Crippen molar-refractivity contribution in [1.29, 1.82) is 0 Å². The number of aryl methyl sites for hydroxylation is 1. The molecule has 1 amide bonds. The van der Waals surface area contributed by atoms with E-state index in [2.05, 4.69) is 31.5 Å². The molecule has 0 bridgehead atoms. The van der Waals surface area contributed by atoms with Gasteiger partial charge in [0.1, 0.15) is 0 Å². The Morgan fingerprint density at radius 3 is 2.79 bits per heavy atom. The Morgan fingerprint density at radius 1 is 1.53 bits per heavy atom. The minimum Gasteiger partial charge on any atom is -0.349 e. The Hall–Kier alpha value is -2.11. The van der Waals surface area contributed by atoms with Crippen LogP contribution in [0.15, 0.2) is 17.0 Å². The van der Waals surface area contributed by atoms with Gasteiger partial charge >= 0.3 is 0 Å². The van der Waals surface area contributed by atoms with Crippen LogP contribution in [0.5, 0.6) is 0 Å². The molecule has 0 aromatic carbocycles. The topological polar surface area (TPSA) is 73.0 Å². The Bertz CT molecular complexity index is 572. The van der Waals surface area contributed by atoms with E-state index in [1.54, 1.807) is 0 Å². The monoisotopic (exact) mass is 262 g/mol. The molecule has 2 rings (SSSR count). The molecule has 0 saturated heterocycles. The van der Waals surface area contributed by atoms with Crippen molar-refractivity contribution in [2.75, 3.05) is 0 Å². The van der Waals surface area contributed by atoms with Crippen molar-refractivity contribution in [3.63, 3.8) is 0 Å². The second kappa shape index (κ2) is 5.26. The quantitative estimate of drug-likeness (QED) is 0.914. The van der Waals surface area contributed by atoms with Crippen LogP contribution in [-0.2, 0) is 6.54 Å². The van der Waals surface area contributed by atoms with E-state index in [9.17, 15) is 4.79 Å². The molecule has 0 saturated carbocycles. The molecule has 19 heavy (non-hydrogen) atoms. The summed E-state index contributed by atoms with van der Waals surface area (Å²) in [6.45, 7) is 8.68. The number of rotatable bonds is 4. The van der Waals surface area contributed by atoms with Crippen molar-refractivity contribution >= 4 is 5.91 Å². The smallest absolute Gasteiger partial charge is 0.253 e. The molecule has 0 aliphatic heterocycles. The Balaban J connectivity index is 2.17. The number of carbonyl (C=O) groups excluding carboxylic acids is 1. The van der Waals surface area contributed by atoms with Crippen LogP contribution in [0.25, 0.3) is 0 Å². The van der Waals surface area contributed by atoms with E-state index in [4.69, 9.17) is 0 Å². The summed E-state index contributed by atoms with van der Waals surface area (Å²) >= 11 is 0. The van der Waals surface area contributed by atoms with E-state index in [1.807, 2.05) is 26.8 Å². The van der Waals surface area contributed by atoms with Crippen molar-refractivity contribution in [2.24, 2.45) is 0 Å². The lowest BCUT2D eigenvalue weighted by Crippen LogP contribution is -2.27. The van der Waals surface area contributed by atoms with Gasteiger partial charge in [-0.2, -0.15) is 4.98 Å². The first-order valence-electron chi connectivity index (χ1n) is 6.28. The first-order valence-corrected chi connectivity index (χ1v) is 6.28. The second-order valence-corrected chi connectivity index (χ2v) is 4.51. The largest absolute Gasteiger partial charge is 0.349 e. The van der Waals surface area contributed by atoms with E-state index < -0.39 is 0 Å². The molecule has 102 valence electrons. The highest BCUT2D eigenvalue weighted by Crippen LogP contribution is 2.16. The van der Waals surface area contributed by atoms with Gasteiger partial charge in [0.05, 0.1) is 11.6 Å². The van der Waals surface area contributed by atoms with Crippen molar-refractivity contribution < 1.29 is 9.32 Å². The standard InChI is InChI=1S/C13H18N4O2/c1-5-17-8(2)6-11(10(17)4)13(18)15-9(3)12-14-7-19-16-12/h6-7,9H,5H2,1-4H3,(H,15,18)/t9-/m0/s1. The molecule has 2 aromatic heterocycles.